The number of aryl methyl sites for hydroxylation is 1. The molecular weight excluding hydrogens is 743 g/mol. The minimum Gasteiger partial charge on any atom is -0.391 e. The number of rotatable bonds is 20. The molecule has 0 saturated carbocycles. The van der Waals surface area contributed by atoms with Crippen molar-refractivity contribution in [3.05, 3.63) is 70.9 Å². The number of benzene rings is 2. The van der Waals surface area contributed by atoms with Crippen LogP contribution in [0.1, 0.15) is 126 Å². The van der Waals surface area contributed by atoms with Crippen LogP contribution >= 0.6 is 11.3 Å². The number of nitrogens with one attached hydrogen (secondary N) is 5. The fourth-order valence-corrected chi connectivity index (χ4v) is 7.61. The Labute approximate surface area is 341 Å². The molecule has 1 aliphatic heterocycles. The molecule has 0 unspecified atom stereocenters. The van der Waals surface area contributed by atoms with Gasteiger partial charge in [0, 0.05) is 43.6 Å². The Bertz CT molecular complexity index is 1790. The van der Waals surface area contributed by atoms with Gasteiger partial charge >= 0.3 is 0 Å². The lowest BCUT2D eigenvalue weighted by atomic mass is 9.85. The zero-order valence-electron chi connectivity index (χ0n) is 34.3. The molecule has 6 N–H and O–H groups in total. The Morgan fingerprint density at radius 2 is 1.53 bits per heavy atom. The summed E-state index contributed by atoms with van der Waals surface area (Å²) >= 11 is 1.58. The van der Waals surface area contributed by atoms with Gasteiger partial charge in [-0.15, -0.1) is 11.3 Å². The third kappa shape index (κ3) is 13.8. The van der Waals surface area contributed by atoms with E-state index in [-0.39, 0.29) is 55.0 Å². The molecule has 14 heteroatoms. The van der Waals surface area contributed by atoms with Crippen molar-refractivity contribution in [3.8, 4) is 10.4 Å². The summed E-state index contributed by atoms with van der Waals surface area (Å²) in [6.45, 7) is 12.2. The van der Waals surface area contributed by atoms with E-state index in [1.807, 2.05) is 71.3 Å². The van der Waals surface area contributed by atoms with Gasteiger partial charge in [0.25, 0.3) is 5.91 Å². The van der Waals surface area contributed by atoms with Crippen LogP contribution in [0.2, 0.25) is 0 Å². The van der Waals surface area contributed by atoms with Crippen molar-refractivity contribution in [1.29, 1.82) is 0 Å². The highest BCUT2D eigenvalue weighted by molar-refractivity contribution is 7.13. The lowest BCUT2D eigenvalue weighted by Crippen LogP contribution is -2.57. The topological polar surface area (TPSA) is 182 Å². The Morgan fingerprint density at radius 3 is 2.12 bits per heavy atom. The molecule has 0 bridgehead atoms. The first-order chi connectivity index (χ1) is 27.2. The average molecular weight is 804 g/mol. The number of hydrazine groups is 1. The van der Waals surface area contributed by atoms with Gasteiger partial charge in [0.1, 0.15) is 12.1 Å². The summed E-state index contributed by atoms with van der Waals surface area (Å²) < 4.78 is 0. The molecule has 1 aromatic heterocycles. The summed E-state index contributed by atoms with van der Waals surface area (Å²) in [5.74, 6) is -1.26. The van der Waals surface area contributed by atoms with Gasteiger partial charge in [-0.05, 0) is 73.9 Å². The second-order valence-corrected chi connectivity index (χ2v) is 16.9. The van der Waals surface area contributed by atoms with Crippen LogP contribution in [0.5, 0.6) is 0 Å². The molecule has 4 rings (SSSR count). The molecule has 0 aliphatic carbocycles. The number of thiazole rings is 1. The zero-order valence-corrected chi connectivity index (χ0v) is 35.1. The number of aliphatic hydroxyl groups excluding tert-OH is 1. The molecule has 1 fully saturated rings. The van der Waals surface area contributed by atoms with Crippen LogP contribution in [-0.4, -0.2) is 75.8 Å². The molecule has 3 aromatic rings. The lowest BCUT2D eigenvalue weighted by Gasteiger charge is -2.35. The van der Waals surface area contributed by atoms with Gasteiger partial charge < -0.3 is 26.0 Å². The van der Waals surface area contributed by atoms with Crippen molar-refractivity contribution in [2.45, 2.75) is 130 Å². The summed E-state index contributed by atoms with van der Waals surface area (Å²) in [4.78, 5) is 72.1. The first kappa shape index (κ1) is 45.0. The van der Waals surface area contributed by atoms with Crippen molar-refractivity contribution >= 4 is 46.6 Å². The molecule has 1 aliphatic rings. The van der Waals surface area contributed by atoms with Crippen LogP contribution in [0.3, 0.4) is 0 Å². The number of unbranched alkanes of at least 4 members (excludes halogenated alkanes) is 5. The van der Waals surface area contributed by atoms with E-state index in [4.69, 9.17) is 0 Å². The lowest BCUT2D eigenvalue weighted by molar-refractivity contribution is -0.144. The highest BCUT2D eigenvalue weighted by Gasteiger charge is 2.44. The molecule has 1 saturated heterocycles. The van der Waals surface area contributed by atoms with E-state index >= 15 is 0 Å². The van der Waals surface area contributed by atoms with Crippen molar-refractivity contribution in [1.82, 2.24) is 31.4 Å². The van der Waals surface area contributed by atoms with Crippen LogP contribution in [-0.2, 0) is 19.2 Å². The van der Waals surface area contributed by atoms with E-state index in [0.29, 0.717) is 30.6 Å². The van der Waals surface area contributed by atoms with Crippen LogP contribution in [0, 0.1) is 12.3 Å². The number of likely N-dealkylation sites (tertiary alicyclic amines) is 1. The largest absolute Gasteiger partial charge is 0.391 e. The molecule has 2 heterocycles. The normalized spacial score (nSPS) is 16.4. The Morgan fingerprint density at radius 1 is 0.895 bits per heavy atom. The van der Waals surface area contributed by atoms with Crippen molar-refractivity contribution < 1.29 is 29.1 Å². The standard InChI is InChI=1S/C43H61N7O6S/c1-7-24-45-49-40(54)32-20-22-33(23-21-32)47-36(52)14-12-10-8-9-11-13-15-37(53)48-39(43(4,5)6)42(56)50-26-34(51)25-35(50)41(55)46-28(2)30-16-18-31(19-17-30)38-29(3)44-27-57-38/h16-23,27-28,34-35,39,45,51H,7-15,24-26H2,1-6H3,(H,46,55)(H,47,52)(H,48,53)(H,49,54)/t28-,34+,35-,39+/m0/s1. The highest BCUT2D eigenvalue weighted by Crippen LogP contribution is 2.30. The summed E-state index contributed by atoms with van der Waals surface area (Å²) in [6, 6.07) is 12.7. The monoisotopic (exact) mass is 803 g/mol. The molecule has 0 radical (unpaired) electrons. The number of aromatic nitrogens is 1. The number of carbonyl (C=O) groups is 5. The number of hydrogen-bond donors (Lipinski definition) is 6. The molecule has 57 heavy (non-hydrogen) atoms. The van der Waals surface area contributed by atoms with Crippen molar-refractivity contribution in [3.63, 3.8) is 0 Å². The fraction of sp³-hybridized carbons (Fsp3) is 0.535. The molecule has 4 atom stereocenters. The van der Waals surface area contributed by atoms with E-state index in [2.05, 4.69) is 31.8 Å². The summed E-state index contributed by atoms with van der Waals surface area (Å²) in [6.07, 6.45) is 5.83. The minimum absolute atomic E-state index is 0.0167. The number of carbonyl (C=O) groups excluding carboxylic acids is 5. The van der Waals surface area contributed by atoms with Crippen LogP contribution in [0.25, 0.3) is 10.4 Å². The van der Waals surface area contributed by atoms with E-state index in [0.717, 1.165) is 60.2 Å². The van der Waals surface area contributed by atoms with Crippen molar-refractivity contribution in [2.75, 3.05) is 18.4 Å². The first-order valence-electron chi connectivity index (χ1n) is 20.2. The number of aliphatic hydroxyl groups is 1. The maximum atomic E-state index is 14.0. The molecular formula is C43H61N7O6S. The molecule has 13 nitrogen and oxygen atoms in total. The van der Waals surface area contributed by atoms with Gasteiger partial charge in [0.2, 0.25) is 23.6 Å². The van der Waals surface area contributed by atoms with Gasteiger partial charge in [-0.25, -0.2) is 10.4 Å². The summed E-state index contributed by atoms with van der Waals surface area (Å²) in [5, 5.41) is 19.4. The third-order valence-electron chi connectivity index (χ3n) is 10.1. The maximum Gasteiger partial charge on any atom is 0.265 e. The minimum atomic E-state index is -0.873. The van der Waals surface area contributed by atoms with Gasteiger partial charge in [0.05, 0.1) is 28.2 Å². The summed E-state index contributed by atoms with van der Waals surface area (Å²) in [7, 11) is 0. The van der Waals surface area contributed by atoms with Crippen LogP contribution in [0.4, 0.5) is 5.69 Å². The van der Waals surface area contributed by atoms with E-state index in [1.165, 1.54) is 4.90 Å². The molecule has 310 valence electrons. The quantitative estimate of drug-likeness (QED) is 0.0578. The summed E-state index contributed by atoms with van der Waals surface area (Å²) in [5.41, 5.74) is 10.8. The van der Waals surface area contributed by atoms with Gasteiger partial charge in [-0.2, -0.15) is 0 Å². The number of anilines is 1. The van der Waals surface area contributed by atoms with Gasteiger partial charge in [-0.1, -0.05) is 77.6 Å². The smallest absolute Gasteiger partial charge is 0.265 e. The molecule has 5 amide bonds. The highest BCUT2D eigenvalue weighted by atomic mass is 32.1. The van der Waals surface area contributed by atoms with Crippen LogP contribution < -0.4 is 26.8 Å². The van der Waals surface area contributed by atoms with E-state index < -0.39 is 23.6 Å². The molecule has 2 aromatic carbocycles. The van der Waals surface area contributed by atoms with E-state index in [9.17, 15) is 29.1 Å². The number of amides is 5. The Hall–Kier alpha value is -4.66. The van der Waals surface area contributed by atoms with E-state index in [1.54, 1.807) is 35.6 Å². The van der Waals surface area contributed by atoms with Crippen LogP contribution in [0.15, 0.2) is 54.0 Å². The second kappa shape index (κ2) is 21.8. The number of hydrogen-bond acceptors (Lipinski definition) is 9. The molecule has 0 spiro atoms. The SMILES string of the molecule is CCCNNC(=O)c1ccc(NC(=O)CCCCCCCCC(=O)N[C@H](C(=O)N2C[C@H](O)C[C@H]2C(=O)N[C@@H](C)c2ccc(-c3scnc3C)cc2)C(C)(C)C)cc1. The Balaban J connectivity index is 1.16. The predicted molar refractivity (Wildman–Crippen MR) is 224 cm³/mol. The first-order valence-corrected chi connectivity index (χ1v) is 21.1. The second-order valence-electron chi connectivity index (χ2n) is 16.0. The maximum absolute atomic E-state index is 14.0. The van der Waals surface area contributed by atoms with Gasteiger partial charge in [0.15, 0.2) is 0 Å². The number of nitrogens with zero attached hydrogens (tertiary/aromatic N) is 2. The third-order valence-corrected chi connectivity index (χ3v) is 11.1. The predicted octanol–water partition coefficient (Wildman–Crippen LogP) is 6.19. The van der Waals surface area contributed by atoms with Crippen molar-refractivity contribution in [2.24, 2.45) is 5.41 Å². The number of β-amino-alcohol motifs (C(OH)–C–C–N with tert-alkyl or cyclic N) is 1. The average Bonchev–Trinajstić information content (AvgIpc) is 3.79. The fourth-order valence-electron chi connectivity index (χ4n) is 6.80. The zero-order chi connectivity index (χ0) is 41.5. The van der Waals surface area contributed by atoms with Gasteiger partial charge in [-0.3, -0.25) is 29.4 Å². The Kier molecular flexibility index (Phi) is 17.2.